The summed E-state index contributed by atoms with van der Waals surface area (Å²) < 4.78 is 43.9. The van der Waals surface area contributed by atoms with E-state index in [1.165, 1.54) is 26.2 Å². The van der Waals surface area contributed by atoms with E-state index < -0.39 is 28.5 Å². The summed E-state index contributed by atoms with van der Waals surface area (Å²) in [5.41, 5.74) is 0.188. The van der Waals surface area contributed by atoms with Gasteiger partial charge in [0.1, 0.15) is 12.4 Å². The lowest BCUT2D eigenvalue weighted by Gasteiger charge is -2.26. The van der Waals surface area contributed by atoms with E-state index in [-0.39, 0.29) is 12.3 Å². The molecule has 0 atom stereocenters. The minimum Gasteiger partial charge on any atom is -0.465 e. The molecule has 0 radical (unpaired) electrons. The van der Waals surface area contributed by atoms with E-state index in [0.717, 1.165) is 20.7 Å². The number of esters is 1. The van der Waals surface area contributed by atoms with Gasteiger partial charge in [0.15, 0.2) is 0 Å². The van der Waals surface area contributed by atoms with Crippen molar-refractivity contribution in [3.63, 3.8) is 0 Å². The third kappa shape index (κ3) is 3.91. The molecule has 0 bridgehead atoms. The highest BCUT2D eigenvalue weighted by Gasteiger charge is 2.27. The minimum atomic E-state index is -3.87. The first-order valence-corrected chi connectivity index (χ1v) is 7.30. The van der Waals surface area contributed by atoms with Gasteiger partial charge in [-0.05, 0) is 31.2 Å². The smallest absolute Gasteiger partial charge is 0.326 e. The van der Waals surface area contributed by atoms with Crippen LogP contribution in [0.4, 0.5) is 10.1 Å². The van der Waals surface area contributed by atoms with Crippen LogP contribution in [0.15, 0.2) is 24.3 Å². The maximum absolute atomic E-state index is 12.9. The van der Waals surface area contributed by atoms with Gasteiger partial charge in [0, 0.05) is 14.1 Å². The van der Waals surface area contributed by atoms with Crippen molar-refractivity contribution in [1.82, 2.24) is 4.31 Å². The van der Waals surface area contributed by atoms with Crippen LogP contribution < -0.4 is 4.31 Å². The van der Waals surface area contributed by atoms with Gasteiger partial charge in [-0.2, -0.15) is 12.7 Å². The van der Waals surface area contributed by atoms with Gasteiger partial charge in [0.2, 0.25) is 0 Å². The molecule has 0 spiro atoms. The van der Waals surface area contributed by atoms with E-state index in [9.17, 15) is 17.6 Å². The fraction of sp³-hybridized carbons (Fsp3) is 0.417. The molecule has 0 heterocycles. The number of carbonyl (C=O) groups excluding carboxylic acids is 1. The van der Waals surface area contributed by atoms with Crippen LogP contribution in [0.5, 0.6) is 0 Å². The summed E-state index contributed by atoms with van der Waals surface area (Å²) in [6.45, 7) is 1.30. The van der Waals surface area contributed by atoms with Gasteiger partial charge in [-0.3, -0.25) is 4.79 Å². The second kappa shape index (κ2) is 6.67. The fourth-order valence-corrected chi connectivity index (χ4v) is 2.49. The van der Waals surface area contributed by atoms with Crippen LogP contribution in [0.2, 0.25) is 0 Å². The average Bonchev–Trinajstić information content (AvgIpc) is 2.37. The Bertz CT molecular complexity index is 557. The summed E-state index contributed by atoms with van der Waals surface area (Å²) in [4.78, 5) is 11.5. The summed E-state index contributed by atoms with van der Waals surface area (Å²) in [7, 11) is -1.19. The monoisotopic (exact) mass is 304 g/mol. The molecule has 0 aromatic heterocycles. The van der Waals surface area contributed by atoms with Crippen molar-refractivity contribution in [2.75, 3.05) is 31.6 Å². The first kappa shape index (κ1) is 16.4. The van der Waals surface area contributed by atoms with E-state index in [0.29, 0.717) is 0 Å². The molecular formula is C12H17FN2O4S. The van der Waals surface area contributed by atoms with E-state index in [1.807, 2.05) is 0 Å². The van der Waals surface area contributed by atoms with Gasteiger partial charge in [-0.15, -0.1) is 0 Å². The SMILES string of the molecule is CCOC(=O)CN(c1ccc(F)cc1)S(=O)(=O)N(C)C. The molecule has 8 heteroatoms. The van der Waals surface area contributed by atoms with Gasteiger partial charge < -0.3 is 4.74 Å². The maximum Gasteiger partial charge on any atom is 0.326 e. The predicted octanol–water partition coefficient (Wildman–Crippen LogP) is 1.00. The van der Waals surface area contributed by atoms with Crippen LogP contribution in [-0.2, 0) is 19.7 Å². The minimum absolute atomic E-state index is 0.151. The van der Waals surface area contributed by atoms with E-state index in [2.05, 4.69) is 0 Å². The zero-order chi connectivity index (χ0) is 15.3. The van der Waals surface area contributed by atoms with Gasteiger partial charge >= 0.3 is 16.2 Å². The fourth-order valence-electron chi connectivity index (χ4n) is 1.43. The Labute approximate surface area is 117 Å². The lowest BCUT2D eigenvalue weighted by Crippen LogP contribution is -2.43. The lowest BCUT2D eigenvalue weighted by atomic mass is 10.3. The molecule has 1 aromatic rings. The number of ether oxygens (including phenoxy) is 1. The molecule has 20 heavy (non-hydrogen) atoms. The highest BCUT2D eigenvalue weighted by Crippen LogP contribution is 2.19. The summed E-state index contributed by atoms with van der Waals surface area (Å²) in [5.74, 6) is -1.17. The largest absolute Gasteiger partial charge is 0.465 e. The number of halogens is 1. The Kier molecular flexibility index (Phi) is 5.46. The Morgan fingerprint density at radius 3 is 2.25 bits per heavy atom. The van der Waals surface area contributed by atoms with Gasteiger partial charge in [-0.1, -0.05) is 0 Å². The van der Waals surface area contributed by atoms with Crippen LogP contribution in [0.25, 0.3) is 0 Å². The zero-order valence-corrected chi connectivity index (χ0v) is 12.4. The first-order chi connectivity index (χ1) is 9.28. The van der Waals surface area contributed by atoms with Crippen LogP contribution >= 0.6 is 0 Å². The molecule has 0 unspecified atom stereocenters. The van der Waals surface area contributed by atoms with Gasteiger partial charge in [-0.25, -0.2) is 8.70 Å². The Balaban J connectivity index is 3.14. The topological polar surface area (TPSA) is 66.9 Å². The third-order valence-electron chi connectivity index (χ3n) is 2.43. The average molecular weight is 304 g/mol. The molecule has 0 aliphatic heterocycles. The zero-order valence-electron chi connectivity index (χ0n) is 11.5. The molecule has 0 saturated carbocycles. The second-order valence-electron chi connectivity index (χ2n) is 4.08. The number of nitrogens with zero attached hydrogens (tertiary/aromatic N) is 2. The quantitative estimate of drug-likeness (QED) is 0.735. The number of anilines is 1. The number of rotatable bonds is 6. The standard InChI is InChI=1S/C12H17FN2O4S/c1-4-19-12(16)9-15(20(17,18)14(2)3)11-7-5-10(13)6-8-11/h5-8H,4,9H2,1-3H3. The number of carbonyl (C=O) groups is 1. The number of hydrogen-bond acceptors (Lipinski definition) is 4. The maximum atomic E-state index is 12.9. The Hall–Kier alpha value is -1.67. The van der Waals surface area contributed by atoms with E-state index in [1.54, 1.807) is 6.92 Å². The van der Waals surface area contributed by atoms with Crippen molar-refractivity contribution in [2.24, 2.45) is 0 Å². The van der Waals surface area contributed by atoms with Crippen LogP contribution in [0.3, 0.4) is 0 Å². The Morgan fingerprint density at radius 2 is 1.80 bits per heavy atom. The Morgan fingerprint density at radius 1 is 1.25 bits per heavy atom. The van der Waals surface area contributed by atoms with Crippen LogP contribution in [0, 0.1) is 5.82 Å². The van der Waals surface area contributed by atoms with Gasteiger partial charge in [0.25, 0.3) is 0 Å². The normalized spacial score (nSPS) is 11.4. The van der Waals surface area contributed by atoms with E-state index >= 15 is 0 Å². The molecule has 1 aromatic carbocycles. The molecule has 0 aliphatic rings. The molecule has 0 fully saturated rings. The molecule has 1 rings (SSSR count). The van der Waals surface area contributed by atoms with Crippen LogP contribution in [-0.4, -0.2) is 45.9 Å². The summed E-state index contributed by atoms with van der Waals surface area (Å²) in [6, 6.07) is 4.82. The highest BCUT2D eigenvalue weighted by molar-refractivity contribution is 7.90. The van der Waals surface area contributed by atoms with Crippen molar-refractivity contribution in [3.05, 3.63) is 30.1 Å². The lowest BCUT2D eigenvalue weighted by molar-refractivity contribution is -0.141. The molecule has 0 amide bonds. The summed E-state index contributed by atoms with van der Waals surface area (Å²) >= 11 is 0. The van der Waals surface area contributed by atoms with Gasteiger partial charge in [0.05, 0.1) is 12.3 Å². The number of hydrogen-bond donors (Lipinski definition) is 0. The van der Waals surface area contributed by atoms with Crippen molar-refractivity contribution < 1.29 is 22.3 Å². The summed E-state index contributed by atoms with van der Waals surface area (Å²) in [5, 5.41) is 0. The second-order valence-corrected chi connectivity index (χ2v) is 6.14. The van der Waals surface area contributed by atoms with Crippen LogP contribution in [0.1, 0.15) is 6.92 Å². The molecule has 0 N–H and O–H groups in total. The van der Waals surface area contributed by atoms with Crippen molar-refractivity contribution in [3.8, 4) is 0 Å². The van der Waals surface area contributed by atoms with E-state index in [4.69, 9.17) is 4.74 Å². The third-order valence-corrected chi connectivity index (χ3v) is 4.25. The molecule has 6 nitrogen and oxygen atoms in total. The number of benzene rings is 1. The predicted molar refractivity (Wildman–Crippen MR) is 73.0 cm³/mol. The van der Waals surface area contributed by atoms with Crippen molar-refractivity contribution in [1.29, 1.82) is 0 Å². The molecule has 0 aliphatic carbocycles. The molecular weight excluding hydrogens is 287 g/mol. The first-order valence-electron chi connectivity index (χ1n) is 5.90. The molecule has 0 saturated heterocycles. The highest BCUT2D eigenvalue weighted by atomic mass is 32.2. The van der Waals surface area contributed by atoms with Crippen molar-refractivity contribution >= 4 is 21.9 Å². The molecule has 112 valence electrons. The summed E-state index contributed by atoms with van der Waals surface area (Å²) in [6.07, 6.45) is 0. The van der Waals surface area contributed by atoms with Crippen molar-refractivity contribution in [2.45, 2.75) is 6.92 Å².